The predicted octanol–water partition coefficient (Wildman–Crippen LogP) is 2.53. The third-order valence-electron chi connectivity index (χ3n) is 2.72. The standard InChI is InChI=1S/C12H15BrN2O/c13-9-4-3-5-10(8-9)15-12(16)11-6-1-2-7-14-11/h3-5,8,11,14H,1-2,6-7H2,(H,15,16)/t11-/m1/s1. The zero-order chi connectivity index (χ0) is 11.4. The number of halogens is 1. The highest BCUT2D eigenvalue weighted by atomic mass is 79.9. The van der Waals surface area contributed by atoms with Crippen molar-refractivity contribution >= 4 is 27.5 Å². The van der Waals surface area contributed by atoms with Crippen LogP contribution in [0.5, 0.6) is 0 Å². The molecule has 2 rings (SSSR count). The van der Waals surface area contributed by atoms with Gasteiger partial charge >= 0.3 is 0 Å². The highest BCUT2D eigenvalue weighted by Gasteiger charge is 2.20. The molecule has 0 saturated carbocycles. The van der Waals surface area contributed by atoms with E-state index in [1.165, 1.54) is 6.42 Å². The first-order valence-corrected chi connectivity index (χ1v) is 6.35. The van der Waals surface area contributed by atoms with Crippen molar-refractivity contribution in [3.8, 4) is 0 Å². The van der Waals surface area contributed by atoms with Crippen LogP contribution in [0.1, 0.15) is 19.3 Å². The zero-order valence-corrected chi connectivity index (χ0v) is 10.6. The van der Waals surface area contributed by atoms with Crippen molar-refractivity contribution < 1.29 is 4.79 Å². The number of benzene rings is 1. The lowest BCUT2D eigenvalue weighted by Crippen LogP contribution is -2.43. The Morgan fingerprint density at radius 1 is 1.44 bits per heavy atom. The van der Waals surface area contributed by atoms with Crippen LogP contribution in [0.3, 0.4) is 0 Å². The summed E-state index contributed by atoms with van der Waals surface area (Å²) in [6, 6.07) is 7.61. The van der Waals surface area contributed by atoms with Gasteiger partial charge in [-0.15, -0.1) is 0 Å². The van der Waals surface area contributed by atoms with Crippen LogP contribution in [0.25, 0.3) is 0 Å². The Morgan fingerprint density at radius 2 is 2.31 bits per heavy atom. The smallest absolute Gasteiger partial charge is 0.241 e. The van der Waals surface area contributed by atoms with Crippen LogP contribution in [-0.4, -0.2) is 18.5 Å². The van der Waals surface area contributed by atoms with Crippen molar-refractivity contribution in [2.75, 3.05) is 11.9 Å². The number of nitrogens with one attached hydrogen (secondary N) is 2. The van der Waals surface area contributed by atoms with E-state index >= 15 is 0 Å². The van der Waals surface area contributed by atoms with Gasteiger partial charge in [0.1, 0.15) is 0 Å². The normalized spacial score (nSPS) is 20.4. The summed E-state index contributed by atoms with van der Waals surface area (Å²) < 4.78 is 0.974. The van der Waals surface area contributed by atoms with Crippen LogP contribution in [0.2, 0.25) is 0 Å². The molecule has 0 aliphatic carbocycles. The number of carbonyl (C=O) groups excluding carboxylic acids is 1. The Bertz CT molecular complexity index is 375. The summed E-state index contributed by atoms with van der Waals surface area (Å²) in [4.78, 5) is 11.9. The molecule has 86 valence electrons. The van der Waals surface area contributed by atoms with E-state index in [9.17, 15) is 4.79 Å². The molecule has 1 heterocycles. The molecule has 0 spiro atoms. The fourth-order valence-corrected chi connectivity index (χ4v) is 2.27. The van der Waals surface area contributed by atoms with E-state index in [4.69, 9.17) is 0 Å². The fraction of sp³-hybridized carbons (Fsp3) is 0.417. The number of carbonyl (C=O) groups is 1. The topological polar surface area (TPSA) is 41.1 Å². The molecule has 1 aromatic rings. The molecule has 1 aliphatic heterocycles. The zero-order valence-electron chi connectivity index (χ0n) is 9.00. The van der Waals surface area contributed by atoms with Crippen LogP contribution in [0, 0.1) is 0 Å². The van der Waals surface area contributed by atoms with Gasteiger partial charge in [0.25, 0.3) is 0 Å². The van der Waals surface area contributed by atoms with E-state index in [1.807, 2.05) is 24.3 Å². The second-order valence-corrected chi connectivity index (χ2v) is 4.92. The molecule has 1 saturated heterocycles. The van der Waals surface area contributed by atoms with Gasteiger partial charge in [-0.3, -0.25) is 4.79 Å². The maximum Gasteiger partial charge on any atom is 0.241 e. The summed E-state index contributed by atoms with van der Waals surface area (Å²) in [5.74, 6) is 0.0674. The molecule has 0 aromatic heterocycles. The maximum atomic E-state index is 11.9. The predicted molar refractivity (Wildman–Crippen MR) is 68.4 cm³/mol. The van der Waals surface area contributed by atoms with Gasteiger partial charge in [0, 0.05) is 10.2 Å². The average Bonchev–Trinajstić information content (AvgIpc) is 2.30. The molecule has 0 radical (unpaired) electrons. The van der Waals surface area contributed by atoms with E-state index in [0.717, 1.165) is 29.5 Å². The van der Waals surface area contributed by atoms with Crippen molar-refractivity contribution in [3.63, 3.8) is 0 Å². The van der Waals surface area contributed by atoms with Crippen LogP contribution in [-0.2, 0) is 4.79 Å². The molecule has 1 aromatic carbocycles. The second-order valence-electron chi connectivity index (χ2n) is 4.00. The lowest BCUT2D eigenvalue weighted by atomic mass is 10.0. The maximum absolute atomic E-state index is 11.9. The first-order valence-electron chi connectivity index (χ1n) is 5.55. The molecular formula is C12H15BrN2O. The number of piperidine rings is 1. The molecule has 2 N–H and O–H groups in total. The number of anilines is 1. The SMILES string of the molecule is O=C(Nc1cccc(Br)c1)[C@H]1CCCCN1. The third-order valence-corrected chi connectivity index (χ3v) is 3.21. The number of hydrogen-bond donors (Lipinski definition) is 2. The fourth-order valence-electron chi connectivity index (χ4n) is 1.87. The molecule has 4 heteroatoms. The average molecular weight is 283 g/mol. The van der Waals surface area contributed by atoms with Crippen LogP contribution >= 0.6 is 15.9 Å². The Morgan fingerprint density at radius 3 is 3.00 bits per heavy atom. The summed E-state index contributed by atoms with van der Waals surface area (Å²) in [7, 11) is 0. The van der Waals surface area contributed by atoms with Crippen molar-refractivity contribution in [3.05, 3.63) is 28.7 Å². The van der Waals surface area contributed by atoms with Crippen molar-refractivity contribution in [1.82, 2.24) is 5.32 Å². The molecule has 0 bridgehead atoms. The quantitative estimate of drug-likeness (QED) is 0.875. The lowest BCUT2D eigenvalue weighted by Gasteiger charge is -2.22. The summed E-state index contributed by atoms with van der Waals surface area (Å²) >= 11 is 3.38. The largest absolute Gasteiger partial charge is 0.325 e. The van der Waals surface area contributed by atoms with Gasteiger partial charge < -0.3 is 10.6 Å². The van der Waals surface area contributed by atoms with E-state index in [2.05, 4.69) is 26.6 Å². The Balaban J connectivity index is 1.96. The van der Waals surface area contributed by atoms with Gasteiger partial charge in [-0.05, 0) is 37.6 Å². The molecule has 1 fully saturated rings. The van der Waals surface area contributed by atoms with Gasteiger partial charge in [-0.2, -0.15) is 0 Å². The number of rotatable bonds is 2. The van der Waals surface area contributed by atoms with Gasteiger partial charge in [-0.1, -0.05) is 28.4 Å². The van der Waals surface area contributed by atoms with Crippen molar-refractivity contribution in [2.45, 2.75) is 25.3 Å². The summed E-state index contributed by atoms with van der Waals surface area (Å²) in [5.41, 5.74) is 0.840. The first-order chi connectivity index (χ1) is 7.75. The molecule has 1 atom stereocenters. The van der Waals surface area contributed by atoms with Crippen LogP contribution in [0.4, 0.5) is 5.69 Å². The molecule has 3 nitrogen and oxygen atoms in total. The first kappa shape index (κ1) is 11.6. The lowest BCUT2D eigenvalue weighted by molar-refractivity contribution is -0.118. The summed E-state index contributed by atoms with van der Waals surface area (Å²) in [6.45, 7) is 0.941. The third kappa shape index (κ3) is 3.06. The van der Waals surface area contributed by atoms with Crippen molar-refractivity contribution in [1.29, 1.82) is 0 Å². The van der Waals surface area contributed by atoms with Gasteiger partial charge in [0.15, 0.2) is 0 Å². The highest BCUT2D eigenvalue weighted by Crippen LogP contribution is 2.16. The Labute approximate surface area is 104 Å². The molecule has 0 unspecified atom stereocenters. The van der Waals surface area contributed by atoms with E-state index in [0.29, 0.717) is 0 Å². The second kappa shape index (κ2) is 5.46. The van der Waals surface area contributed by atoms with E-state index in [1.54, 1.807) is 0 Å². The van der Waals surface area contributed by atoms with Gasteiger partial charge in [-0.25, -0.2) is 0 Å². The molecule has 1 amide bonds. The van der Waals surface area contributed by atoms with Crippen LogP contribution < -0.4 is 10.6 Å². The molecular weight excluding hydrogens is 268 g/mol. The molecule has 1 aliphatic rings. The van der Waals surface area contributed by atoms with E-state index in [-0.39, 0.29) is 11.9 Å². The summed E-state index contributed by atoms with van der Waals surface area (Å²) in [5, 5.41) is 6.15. The number of hydrogen-bond acceptors (Lipinski definition) is 2. The van der Waals surface area contributed by atoms with Gasteiger partial charge in [0.05, 0.1) is 6.04 Å². The monoisotopic (exact) mass is 282 g/mol. The minimum absolute atomic E-state index is 0.0345. The highest BCUT2D eigenvalue weighted by molar-refractivity contribution is 9.10. The molecule has 16 heavy (non-hydrogen) atoms. The minimum Gasteiger partial charge on any atom is -0.325 e. The number of amides is 1. The summed E-state index contributed by atoms with van der Waals surface area (Å²) in [6.07, 6.45) is 3.23. The minimum atomic E-state index is -0.0345. The van der Waals surface area contributed by atoms with Gasteiger partial charge in [0.2, 0.25) is 5.91 Å². The Hall–Kier alpha value is -0.870. The van der Waals surface area contributed by atoms with E-state index < -0.39 is 0 Å². The van der Waals surface area contributed by atoms with Crippen molar-refractivity contribution in [2.24, 2.45) is 0 Å². The van der Waals surface area contributed by atoms with Crippen LogP contribution in [0.15, 0.2) is 28.7 Å². The Kier molecular flexibility index (Phi) is 3.96.